The second-order valence-electron chi connectivity index (χ2n) is 0. The smallest absolute Gasteiger partial charge is 0 e. The zero-order valence-electron chi connectivity index (χ0n) is 44.7. The second-order valence-corrected chi connectivity index (χ2v) is 0. The maximum Gasteiger partial charge on any atom is 0 e. The van der Waals surface area contributed by atoms with Crippen molar-refractivity contribution in [3.05, 3.63) is 0 Å². The molecule has 0 aromatic heterocycles. The van der Waals surface area contributed by atoms with E-state index in [1.54, 1.807) is 0 Å². The third-order valence-corrected chi connectivity index (χ3v) is 0. The fourth-order valence-corrected chi connectivity index (χ4v) is 0. The van der Waals surface area contributed by atoms with E-state index in [9.17, 15) is 0 Å². The van der Waals surface area contributed by atoms with Crippen LogP contribution < -0.4 is 0 Å². The predicted molar refractivity (Wildman–Crippen MR) is 288 cm³/mol. The average molecular weight is 4280 g/mol. The van der Waals surface area contributed by atoms with Gasteiger partial charge in [-0.1, -0.05) is 0 Å². The molecule has 0 unspecified atom stereocenters. The standard InChI is InChI=1S/50Al.50Ni. The molecular formula is Al50Ni50. The van der Waals surface area contributed by atoms with Crippen molar-refractivity contribution in [3.8, 4) is 0 Å². The summed E-state index contributed by atoms with van der Waals surface area (Å²) in [5.41, 5.74) is 0. The zero-order chi connectivity index (χ0) is 0. The first-order valence-corrected chi connectivity index (χ1v) is 0. The normalized spacial score (nSPS) is 0. The molecular weight excluding hydrogens is 4280 g/mol. The van der Waals surface area contributed by atoms with Gasteiger partial charge in [-0.2, -0.15) is 0 Å². The van der Waals surface area contributed by atoms with Crippen LogP contribution in [-0.2, 0) is 825 Å². The van der Waals surface area contributed by atoms with Crippen molar-refractivity contribution in [2.75, 3.05) is 0 Å². The maximum absolute atomic E-state index is 0. The van der Waals surface area contributed by atoms with Gasteiger partial charge in [-0.3, -0.25) is 0 Å². The maximum atomic E-state index is 0. The first-order chi connectivity index (χ1) is 0. The molecule has 0 N–H and O–H groups in total. The van der Waals surface area contributed by atoms with Gasteiger partial charge >= 0.3 is 0 Å². The van der Waals surface area contributed by atoms with Gasteiger partial charge in [0.15, 0.2) is 0 Å². The van der Waals surface area contributed by atoms with Crippen molar-refractivity contribution in [2.45, 2.75) is 0 Å². The molecule has 0 fully saturated rings. The van der Waals surface area contributed by atoms with Gasteiger partial charge in [-0.05, 0) is 0 Å². The Labute approximate surface area is 1650 Å². The predicted octanol–water partition coefficient (Wildman–Crippen LogP) is -19.2. The van der Waals surface area contributed by atoms with Crippen molar-refractivity contribution in [3.63, 3.8) is 0 Å². The van der Waals surface area contributed by atoms with Crippen LogP contribution in [0, 0.1) is 0 Å². The molecule has 0 spiro atoms. The van der Waals surface area contributed by atoms with Gasteiger partial charge in [0.1, 0.15) is 0 Å². The molecule has 0 aromatic rings. The number of rotatable bonds is 0. The summed E-state index contributed by atoms with van der Waals surface area (Å²) in [6, 6.07) is 0. The Bertz CT molecular complexity index is 100. The summed E-state index contributed by atoms with van der Waals surface area (Å²) in [6.07, 6.45) is 0. The Morgan fingerprint density at radius 1 is 0.0200 bits per heavy atom. The van der Waals surface area contributed by atoms with Crippen LogP contribution in [0.2, 0.25) is 0 Å². The Hall–Kier alpha value is 51.3. The van der Waals surface area contributed by atoms with E-state index in [1.807, 2.05) is 0 Å². The van der Waals surface area contributed by atoms with Crippen LogP contribution in [0.1, 0.15) is 0 Å². The van der Waals surface area contributed by atoms with Gasteiger partial charge in [-0.25, -0.2) is 0 Å². The Morgan fingerprint density at radius 3 is 0.0200 bits per heavy atom. The van der Waals surface area contributed by atoms with E-state index in [-0.39, 0.29) is 1690 Å². The molecule has 0 heterocycles. The molecule has 100 heteroatoms. The molecule has 0 aliphatic rings. The third kappa shape index (κ3) is 1250. The van der Waals surface area contributed by atoms with Crippen molar-refractivity contribution >= 4 is 868 Å². The molecule has 650 valence electrons. The van der Waals surface area contributed by atoms with E-state index >= 15 is 0 Å². The summed E-state index contributed by atoms with van der Waals surface area (Å²) in [4.78, 5) is 0. The Balaban J connectivity index is 0. The quantitative estimate of drug-likeness (QED) is 0.212. The topological polar surface area (TPSA) is 0 Å². The third-order valence-electron chi connectivity index (χ3n) is 0. The molecule has 0 atom stereocenters. The van der Waals surface area contributed by atoms with Gasteiger partial charge < -0.3 is 0 Å². The Morgan fingerprint density at radius 2 is 0.0200 bits per heavy atom. The average Bonchev–Trinajstić information content (AvgIpc) is 0. The molecule has 0 aliphatic carbocycles. The second kappa shape index (κ2) is 1270. The summed E-state index contributed by atoms with van der Waals surface area (Å²) >= 11 is 0. The fourth-order valence-electron chi connectivity index (χ4n) is 0. The summed E-state index contributed by atoms with van der Waals surface area (Å²) in [7, 11) is 0. The first kappa shape index (κ1) is 1300. The minimum absolute atomic E-state index is 0. The van der Waals surface area contributed by atoms with Crippen molar-refractivity contribution < 1.29 is 825 Å². The van der Waals surface area contributed by atoms with E-state index in [1.165, 1.54) is 0 Å². The van der Waals surface area contributed by atoms with Crippen LogP contribution in [0.25, 0.3) is 0 Å². The zero-order valence-corrected chi connectivity index (χ0v) is 152. The van der Waals surface area contributed by atoms with Gasteiger partial charge in [0.25, 0.3) is 0 Å². The van der Waals surface area contributed by atoms with Crippen LogP contribution in [-0.4, -0.2) is 868 Å². The van der Waals surface area contributed by atoms with E-state index in [0.29, 0.717) is 0 Å². The number of hydrogen-bond acceptors (Lipinski definition) is 0. The minimum Gasteiger partial charge on any atom is 0 e. The van der Waals surface area contributed by atoms with Gasteiger partial charge in [0.05, 0.1) is 0 Å². The summed E-state index contributed by atoms with van der Waals surface area (Å²) < 4.78 is 0. The van der Waals surface area contributed by atoms with E-state index < -0.39 is 0 Å². The monoisotopic (exact) mass is 4250 g/mol. The minimum atomic E-state index is 0. The molecule has 0 aromatic carbocycles. The molecule has 0 aliphatic heterocycles. The van der Waals surface area contributed by atoms with Crippen LogP contribution in [0.5, 0.6) is 0 Å². The SMILES string of the molecule is [Al].[Al].[Al].[Al].[Al].[Al].[Al].[Al].[Al].[Al].[Al].[Al].[Al].[Al].[Al].[Al].[Al].[Al].[Al].[Al].[Al].[Al].[Al].[Al].[Al].[Al].[Al].[Al].[Al].[Al].[Al].[Al].[Al].[Al].[Al].[Al].[Al].[Al].[Al].[Al].[Al].[Al].[Al].[Al].[Al].[Al].[Al].[Al].[Al].[Al].[Ni].[Ni].[Ni].[Ni].[Ni].[Ni].[Ni].[Ni].[Ni].[Ni].[Ni].[Ni].[Ni].[Ni].[Ni].[Ni].[Ni].[Ni].[Ni].[Ni].[Ni].[Ni].[Ni].[Ni].[Ni].[Ni].[Ni].[Ni].[Ni].[Ni].[Ni].[Ni].[Ni].[Ni].[Ni].[Ni].[Ni].[Ni].[Ni].[Ni].[Ni].[Ni].[Ni].[Ni].[Ni].[Ni].[Ni].[Ni].[Ni].[Ni]. The first-order valence-electron chi connectivity index (χ1n) is 0. The summed E-state index contributed by atoms with van der Waals surface area (Å²) in [5, 5.41) is 0. The Kier molecular flexibility index (Phi) is 16500. The molecule has 100 heavy (non-hydrogen) atoms. The summed E-state index contributed by atoms with van der Waals surface area (Å²) in [5.74, 6) is 0. The van der Waals surface area contributed by atoms with Crippen molar-refractivity contribution in [1.29, 1.82) is 0 Å². The van der Waals surface area contributed by atoms with Gasteiger partial charge in [0, 0.05) is 1690 Å². The van der Waals surface area contributed by atoms with E-state index in [2.05, 4.69) is 0 Å². The van der Waals surface area contributed by atoms with Crippen LogP contribution >= 0.6 is 0 Å². The number of hydrogen-bond donors (Lipinski definition) is 0. The molecule has 150 radical (unpaired) electrons. The van der Waals surface area contributed by atoms with Crippen molar-refractivity contribution in [1.82, 2.24) is 0 Å². The molecule has 0 amide bonds. The molecule has 0 saturated heterocycles. The largest absolute Gasteiger partial charge is 0 e. The van der Waals surface area contributed by atoms with Crippen LogP contribution in [0.15, 0.2) is 0 Å². The van der Waals surface area contributed by atoms with E-state index in [0.717, 1.165) is 0 Å². The van der Waals surface area contributed by atoms with E-state index in [4.69, 9.17) is 0 Å². The molecule has 0 nitrogen and oxygen atoms in total. The van der Waals surface area contributed by atoms with Gasteiger partial charge in [-0.15, -0.1) is 0 Å². The van der Waals surface area contributed by atoms with Crippen molar-refractivity contribution in [2.24, 2.45) is 0 Å². The molecule has 0 saturated carbocycles. The van der Waals surface area contributed by atoms with Crippen LogP contribution in [0.3, 0.4) is 0 Å². The fraction of sp³-hybridized carbons (Fsp3) is 0. The van der Waals surface area contributed by atoms with Crippen LogP contribution in [0.4, 0.5) is 0 Å². The van der Waals surface area contributed by atoms with Gasteiger partial charge in [0.2, 0.25) is 0 Å². The molecule has 0 rings (SSSR count). The molecule has 0 bridgehead atoms. The summed E-state index contributed by atoms with van der Waals surface area (Å²) in [6.45, 7) is 0.